The Bertz CT molecular complexity index is 1180. The van der Waals surface area contributed by atoms with Gasteiger partial charge in [-0.2, -0.15) is 4.98 Å². The summed E-state index contributed by atoms with van der Waals surface area (Å²) in [6, 6.07) is 7.22. The van der Waals surface area contributed by atoms with Crippen LogP contribution in [-0.4, -0.2) is 56.2 Å². The Morgan fingerprint density at radius 2 is 1.86 bits per heavy atom. The Kier molecular flexibility index (Phi) is 4.27. The van der Waals surface area contributed by atoms with Crippen molar-refractivity contribution in [2.45, 2.75) is 25.4 Å². The van der Waals surface area contributed by atoms with E-state index in [1.54, 1.807) is 29.8 Å². The van der Waals surface area contributed by atoms with E-state index in [0.717, 1.165) is 26.2 Å². The normalized spacial score (nSPS) is 17.9. The molecule has 29 heavy (non-hydrogen) atoms. The van der Waals surface area contributed by atoms with E-state index in [0.29, 0.717) is 23.2 Å². The zero-order chi connectivity index (χ0) is 20.1. The minimum atomic E-state index is -0.511. The number of hydrogen-bond donors (Lipinski definition) is 1. The van der Waals surface area contributed by atoms with Crippen molar-refractivity contribution in [1.82, 2.24) is 24.0 Å². The molecule has 3 heterocycles. The first-order valence-corrected chi connectivity index (χ1v) is 9.95. The molecule has 5 rings (SSSR count). The minimum absolute atomic E-state index is 0.169. The molecule has 1 saturated heterocycles. The molecule has 1 aliphatic carbocycles. The largest absolute Gasteiger partial charge is 0.340 e. The number of hydrogen-bond acceptors (Lipinski definition) is 5. The molecular weight excluding hydrogens is 375 g/mol. The first-order chi connectivity index (χ1) is 14.0. The second-order valence-electron chi connectivity index (χ2n) is 7.83. The number of H-pyrrole nitrogens is 1. The van der Waals surface area contributed by atoms with Crippen LogP contribution < -0.4 is 16.1 Å². The Labute approximate surface area is 166 Å². The van der Waals surface area contributed by atoms with Gasteiger partial charge in [0, 0.05) is 44.8 Å². The van der Waals surface area contributed by atoms with Crippen LogP contribution in [0.5, 0.6) is 0 Å². The second kappa shape index (κ2) is 6.84. The van der Waals surface area contributed by atoms with E-state index < -0.39 is 11.2 Å². The van der Waals surface area contributed by atoms with Crippen molar-refractivity contribution in [3.8, 4) is 0 Å². The fourth-order valence-electron chi connectivity index (χ4n) is 4.14. The van der Waals surface area contributed by atoms with Gasteiger partial charge in [-0.1, -0.05) is 18.2 Å². The standard InChI is InChI=1S/C20H23FN6O2/c1-24-17-16(18(28)23-20(24)29)27(12-13-4-2-3-5-15(13)21)19(22-17)26-10-8-25(9-11-26)14-6-7-14/h2-5,14H,6-12H2,1H3,(H,23,28,29). The molecule has 0 amide bonds. The number of piperazine rings is 1. The molecule has 2 aliphatic rings. The Morgan fingerprint density at radius 3 is 2.55 bits per heavy atom. The van der Waals surface area contributed by atoms with Gasteiger partial charge in [-0.25, -0.2) is 9.18 Å². The van der Waals surface area contributed by atoms with Crippen molar-refractivity contribution >= 4 is 17.1 Å². The van der Waals surface area contributed by atoms with Gasteiger partial charge < -0.3 is 4.90 Å². The Hall–Kier alpha value is -2.94. The number of fused-ring (bicyclic) bond motifs is 1. The molecule has 0 atom stereocenters. The van der Waals surface area contributed by atoms with Gasteiger partial charge in [0.05, 0.1) is 6.54 Å². The second-order valence-corrected chi connectivity index (χ2v) is 7.83. The summed E-state index contributed by atoms with van der Waals surface area (Å²) in [4.78, 5) is 36.3. The molecule has 1 aliphatic heterocycles. The lowest BCUT2D eigenvalue weighted by Gasteiger charge is -2.35. The SMILES string of the molecule is Cn1c(=O)[nH]c(=O)c2c1nc(N1CCN(C3CC3)CC1)n2Cc1ccccc1F. The van der Waals surface area contributed by atoms with E-state index in [4.69, 9.17) is 0 Å². The van der Waals surface area contributed by atoms with Crippen LogP contribution in [0, 0.1) is 5.82 Å². The molecule has 152 valence electrons. The minimum Gasteiger partial charge on any atom is -0.340 e. The van der Waals surface area contributed by atoms with Crippen molar-refractivity contribution in [2.24, 2.45) is 7.05 Å². The summed E-state index contributed by atoms with van der Waals surface area (Å²) < 4.78 is 17.4. The van der Waals surface area contributed by atoms with E-state index in [-0.39, 0.29) is 17.9 Å². The maximum absolute atomic E-state index is 14.4. The average molecular weight is 398 g/mol. The fourth-order valence-corrected chi connectivity index (χ4v) is 4.14. The number of rotatable bonds is 4. The molecule has 1 N–H and O–H groups in total. The molecule has 0 bridgehead atoms. The maximum atomic E-state index is 14.4. The van der Waals surface area contributed by atoms with E-state index in [2.05, 4.69) is 19.8 Å². The van der Waals surface area contributed by atoms with Gasteiger partial charge in [0.15, 0.2) is 11.2 Å². The number of imidazole rings is 1. The number of nitrogens with one attached hydrogen (secondary N) is 1. The van der Waals surface area contributed by atoms with Crippen LogP contribution in [0.15, 0.2) is 33.9 Å². The average Bonchev–Trinajstić information content (AvgIpc) is 3.49. The molecule has 0 unspecified atom stereocenters. The number of benzene rings is 1. The Morgan fingerprint density at radius 1 is 1.14 bits per heavy atom. The van der Waals surface area contributed by atoms with Gasteiger partial charge in [0.25, 0.3) is 5.56 Å². The summed E-state index contributed by atoms with van der Waals surface area (Å²) >= 11 is 0. The number of aromatic nitrogens is 4. The first-order valence-electron chi connectivity index (χ1n) is 9.95. The lowest BCUT2D eigenvalue weighted by atomic mass is 10.2. The molecule has 9 heteroatoms. The van der Waals surface area contributed by atoms with Gasteiger partial charge in [-0.15, -0.1) is 0 Å². The third kappa shape index (κ3) is 3.15. The molecule has 8 nitrogen and oxygen atoms in total. The van der Waals surface area contributed by atoms with Crippen LogP contribution >= 0.6 is 0 Å². The summed E-state index contributed by atoms with van der Waals surface area (Å²) in [6.07, 6.45) is 2.53. The van der Waals surface area contributed by atoms with Gasteiger partial charge in [0.1, 0.15) is 5.82 Å². The Balaban J connectivity index is 1.61. The zero-order valence-corrected chi connectivity index (χ0v) is 16.3. The van der Waals surface area contributed by atoms with Crippen LogP contribution in [0.25, 0.3) is 11.2 Å². The van der Waals surface area contributed by atoms with Crippen molar-refractivity contribution < 1.29 is 4.39 Å². The third-order valence-electron chi connectivity index (χ3n) is 5.93. The van der Waals surface area contributed by atoms with Gasteiger partial charge in [-0.05, 0) is 18.9 Å². The fraction of sp³-hybridized carbons (Fsp3) is 0.450. The van der Waals surface area contributed by atoms with Crippen LogP contribution in [0.4, 0.5) is 10.3 Å². The van der Waals surface area contributed by atoms with Crippen molar-refractivity contribution in [2.75, 3.05) is 31.1 Å². The highest BCUT2D eigenvalue weighted by Gasteiger charge is 2.32. The first kappa shape index (κ1) is 18.1. The number of nitrogens with zero attached hydrogens (tertiary/aromatic N) is 5. The zero-order valence-electron chi connectivity index (χ0n) is 16.3. The predicted octanol–water partition coefficient (Wildman–Crippen LogP) is 0.895. The van der Waals surface area contributed by atoms with Crippen LogP contribution in [0.2, 0.25) is 0 Å². The van der Waals surface area contributed by atoms with Gasteiger partial charge in [0.2, 0.25) is 5.95 Å². The summed E-state index contributed by atoms with van der Waals surface area (Å²) in [5, 5.41) is 0. The highest BCUT2D eigenvalue weighted by Crippen LogP contribution is 2.29. The molecule has 3 aromatic rings. The number of anilines is 1. The van der Waals surface area contributed by atoms with Crippen molar-refractivity contribution in [3.05, 3.63) is 56.5 Å². The quantitative estimate of drug-likeness (QED) is 0.706. The molecule has 2 fully saturated rings. The van der Waals surface area contributed by atoms with Crippen molar-refractivity contribution in [3.63, 3.8) is 0 Å². The molecule has 2 aromatic heterocycles. The number of aromatic amines is 1. The summed E-state index contributed by atoms with van der Waals surface area (Å²) in [7, 11) is 1.58. The lowest BCUT2D eigenvalue weighted by Crippen LogP contribution is -2.48. The van der Waals surface area contributed by atoms with Gasteiger partial charge in [-0.3, -0.25) is 23.8 Å². The van der Waals surface area contributed by atoms with Crippen LogP contribution in [0.1, 0.15) is 18.4 Å². The summed E-state index contributed by atoms with van der Waals surface area (Å²) in [5.41, 5.74) is 0.0561. The van der Waals surface area contributed by atoms with Gasteiger partial charge >= 0.3 is 5.69 Å². The molecular formula is C20H23FN6O2. The van der Waals surface area contributed by atoms with Crippen LogP contribution in [-0.2, 0) is 13.6 Å². The van der Waals surface area contributed by atoms with Crippen LogP contribution in [0.3, 0.4) is 0 Å². The summed E-state index contributed by atoms with van der Waals surface area (Å²) in [5.74, 6) is 0.269. The van der Waals surface area contributed by atoms with E-state index >= 15 is 0 Å². The number of aryl methyl sites for hydroxylation is 1. The van der Waals surface area contributed by atoms with E-state index in [1.165, 1.54) is 23.5 Å². The molecule has 0 radical (unpaired) electrons. The van der Waals surface area contributed by atoms with Crippen molar-refractivity contribution in [1.29, 1.82) is 0 Å². The topological polar surface area (TPSA) is 79.2 Å². The monoisotopic (exact) mass is 398 g/mol. The van der Waals surface area contributed by atoms with E-state index in [9.17, 15) is 14.0 Å². The molecule has 0 spiro atoms. The highest BCUT2D eigenvalue weighted by molar-refractivity contribution is 5.74. The smallest absolute Gasteiger partial charge is 0.329 e. The molecule has 1 aromatic carbocycles. The third-order valence-corrected chi connectivity index (χ3v) is 5.93. The van der Waals surface area contributed by atoms with E-state index in [1.807, 2.05) is 0 Å². The number of halogens is 1. The maximum Gasteiger partial charge on any atom is 0.329 e. The lowest BCUT2D eigenvalue weighted by molar-refractivity contribution is 0.246. The highest BCUT2D eigenvalue weighted by atomic mass is 19.1. The predicted molar refractivity (Wildman–Crippen MR) is 108 cm³/mol. The summed E-state index contributed by atoms with van der Waals surface area (Å²) in [6.45, 7) is 3.60. The molecule has 1 saturated carbocycles.